The van der Waals surface area contributed by atoms with Gasteiger partial charge in [-0.15, -0.1) is 10.2 Å². The lowest BCUT2D eigenvalue weighted by Crippen LogP contribution is -2.15. The molecule has 3 heterocycles. The third kappa shape index (κ3) is 4.98. The van der Waals surface area contributed by atoms with E-state index in [1.165, 1.54) is 18.0 Å². The quantitative estimate of drug-likeness (QED) is 0.428. The summed E-state index contributed by atoms with van der Waals surface area (Å²) in [5, 5.41) is 14.5. The Morgan fingerprint density at radius 3 is 2.39 bits per heavy atom. The van der Waals surface area contributed by atoms with Crippen molar-refractivity contribution >= 4 is 35.0 Å². The molecule has 0 aliphatic heterocycles. The van der Waals surface area contributed by atoms with E-state index in [1.807, 2.05) is 23.7 Å². The fourth-order valence-corrected chi connectivity index (χ4v) is 3.47. The average molecular weight is 434 g/mol. The SMILES string of the molecule is Cn1c(SCC(=O)Nc2ccc(NC(=O)c3ccco3)cc2)nnc1-c1ccncc1. The molecule has 1 aromatic carbocycles. The monoisotopic (exact) mass is 434 g/mol. The molecule has 0 atom stereocenters. The molecule has 31 heavy (non-hydrogen) atoms. The van der Waals surface area contributed by atoms with Crippen LogP contribution in [0.15, 0.2) is 76.8 Å². The van der Waals surface area contributed by atoms with E-state index in [9.17, 15) is 9.59 Å². The van der Waals surface area contributed by atoms with Crippen molar-refractivity contribution in [3.05, 3.63) is 72.9 Å². The molecule has 0 radical (unpaired) electrons. The number of aromatic nitrogens is 4. The molecular weight excluding hydrogens is 416 g/mol. The van der Waals surface area contributed by atoms with Gasteiger partial charge in [-0.25, -0.2) is 0 Å². The van der Waals surface area contributed by atoms with Crippen LogP contribution in [-0.4, -0.2) is 37.3 Å². The smallest absolute Gasteiger partial charge is 0.291 e. The minimum atomic E-state index is -0.340. The van der Waals surface area contributed by atoms with Gasteiger partial charge in [0, 0.05) is 36.4 Å². The molecule has 4 rings (SSSR count). The Morgan fingerprint density at radius 2 is 1.71 bits per heavy atom. The third-order valence-corrected chi connectivity index (χ3v) is 5.30. The number of furan rings is 1. The van der Waals surface area contributed by atoms with Crippen molar-refractivity contribution in [3.8, 4) is 11.4 Å². The summed E-state index contributed by atoms with van der Waals surface area (Å²) in [5.74, 6) is 0.598. The average Bonchev–Trinajstić information content (AvgIpc) is 3.45. The number of pyridine rings is 1. The molecule has 0 spiro atoms. The maximum atomic E-state index is 12.3. The number of thioether (sulfide) groups is 1. The van der Waals surface area contributed by atoms with Gasteiger partial charge in [0.05, 0.1) is 12.0 Å². The number of hydrogen-bond donors (Lipinski definition) is 2. The molecule has 0 aliphatic rings. The topological polar surface area (TPSA) is 115 Å². The van der Waals surface area contributed by atoms with Crippen molar-refractivity contribution in [1.82, 2.24) is 19.7 Å². The maximum absolute atomic E-state index is 12.3. The molecule has 2 N–H and O–H groups in total. The maximum Gasteiger partial charge on any atom is 0.291 e. The molecule has 10 heteroatoms. The number of carbonyl (C=O) groups excluding carboxylic acids is 2. The van der Waals surface area contributed by atoms with Crippen LogP contribution in [-0.2, 0) is 11.8 Å². The molecule has 0 fully saturated rings. The second-order valence-electron chi connectivity index (χ2n) is 6.45. The first-order valence-electron chi connectivity index (χ1n) is 9.27. The number of rotatable bonds is 7. The number of nitrogens with one attached hydrogen (secondary N) is 2. The molecule has 2 amide bonds. The molecule has 0 saturated heterocycles. The standard InChI is InChI=1S/C21H18N6O3S/c1-27-19(14-8-10-22-11-9-14)25-26-21(27)31-13-18(28)23-15-4-6-16(7-5-15)24-20(29)17-3-2-12-30-17/h2-12H,13H2,1H3,(H,23,28)(H,24,29). The molecular formula is C21H18N6O3S. The molecule has 0 aliphatic carbocycles. The van der Waals surface area contributed by atoms with E-state index in [0.717, 1.165) is 5.56 Å². The number of nitrogens with zero attached hydrogens (tertiary/aromatic N) is 4. The van der Waals surface area contributed by atoms with E-state index in [4.69, 9.17) is 4.42 Å². The lowest BCUT2D eigenvalue weighted by Gasteiger charge is -2.07. The summed E-state index contributed by atoms with van der Waals surface area (Å²) in [6.07, 6.45) is 4.82. The van der Waals surface area contributed by atoms with Crippen LogP contribution in [0.1, 0.15) is 10.6 Å². The van der Waals surface area contributed by atoms with Crippen LogP contribution in [0.25, 0.3) is 11.4 Å². The molecule has 9 nitrogen and oxygen atoms in total. The Bertz CT molecular complexity index is 1170. The molecule has 156 valence electrons. The van der Waals surface area contributed by atoms with Crippen molar-refractivity contribution < 1.29 is 14.0 Å². The van der Waals surface area contributed by atoms with E-state index < -0.39 is 0 Å². The molecule has 0 unspecified atom stereocenters. The fraction of sp³-hybridized carbons (Fsp3) is 0.0952. The number of anilines is 2. The predicted molar refractivity (Wildman–Crippen MR) is 117 cm³/mol. The third-order valence-electron chi connectivity index (χ3n) is 4.28. The Labute approximate surface area is 181 Å². The van der Waals surface area contributed by atoms with E-state index >= 15 is 0 Å². The van der Waals surface area contributed by atoms with Crippen molar-refractivity contribution in [3.63, 3.8) is 0 Å². The molecule has 3 aromatic heterocycles. The van der Waals surface area contributed by atoms with Gasteiger partial charge in [0.1, 0.15) is 0 Å². The zero-order chi connectivity index (χ0) is 21.6. The van der Waals surface area contributed by atoms with E-state index in [0.29, 0.717) is 22.4 Å². The van der Waals surface area contributed by atoms with Gasteiger partial charge in [0.25, 0.3) is 5.91 Å². The van der Waals surface area contributed by atoms with Gasteiger partial charge in [0.2, 0.25) is 5.91 Å². The Kier molecular flexibility index (Phi) is 6.08. The first-order valence-corrected chi connectivity index (χ1v) is 10.3. The molecule has 4 aromatic rings. The van der Waals surface area contributed by atoms with Gasteiger partial charge >= 0.3 is 0 Å². The van der Waals surface area contributed by atoms with Crippen molar-refractivity contribution in [2.75, 3.05) is 16.4 Å². The van der Waals surface area contributed by atoms with Gasteiger partial charge in [-0.05, 0) is 48.5 Å². The molecule has 0 bridgehead atoms. The zero-order valence-electron chi connectivity index (χ0n) is 16.5. The highest BCUT2D eigenvalue weighted by molar-refractivity contribution is 7.99. The van der Waals surface area contributed by atoms with Crippen LogP contribution in [0.3, 0.4) is 0 Å². The first kappa shape index (κ1) is 20.4. The zero-order valence-corrected chi connectivity index (χ0v) is 17.3. The minimum absolute atomic E-state index is 0.175. The normalized spacial score (nSPS) is 10.6. The summed E-state index contributed by atoms with van der Waals surface area (Å²) < 4.78 is 6.89. The van der Waals surface area contributed by atoms with Crippen LogP contribution in [0.4, 0.5) is 11.4 Å². The number of benzene rings is 1. The van der Waals surface area contributed by atoms with Crippen LogP contribution in [0.5, 0.6) is 0 Å². The van der Waals surface area contributed by atoms with E-state index in [1.54, 1.807) is 48.8 Å². The highest BCUT2D eigenvalue weighted by Gasteiger charge is 2.13. The summed E-state index contributed by atoms with van der Waals surface area (Å²) in [6, 6.07) is 13.8. The van der Waals surface area contributed by atoms with Gasteiger partial charge in [-0.3, -0.25) is 14.6 Å². The number of carbonyl (C=O) groups is 2. The lowest BCUT2D eigenvalue weighted by molar-refractivity contribution is -0.113. The first-order chi connectivity index (χ1) is 15.1. The van der Waals surface area contributed by atoms with E-state index in [2.05, 4.69) is 25.8 Å². The van der Waals surface area contributed by atoms with Crippen LogP contribution >= 0.6 is 11.8 Å². The Hall–Kier alpha value is -3.92. The van der Waals surface area contributed by atoms with Crippen LogP contribution in [0.2, 0.25) is 0 Å². The van der Waals surface area contributed by atoms with Crippen LogP contribution < -0.4 is 10.6 Å². The van der Waals surface area contributed by atoms with Gasteiger partial charge in [0.15, 0.2) is 16.7 Å². The second kappa shape index (κ2) is 9.26. The largest absolute Gasteiger partial charge is 0.459 e. The van der Waals surface area contributed by atoms with Crippen LogP contribution in [0, 0.1) is 0 Å². The summed E-state index contributed by atoms with van der Waals surface area (Å²) >= 11 is 1.29. The van der Waals surface area contributed by atoms with Crippen molar-refractivity contribution in [2.45, 2.75) is 5.16 Å². The Morgan fingerprint density at radius 1 is 1.00 bits per heavy atom. The summed E-state index contributed by atoms with van der Waals surface area (Å²) in [5.41, 5.74) is 2.12. The number of amides is 2. The Balaban J connectivity index is 1.30. The van der Waals surface area contributed by atoms with Gasteiger partial charge < -0.3 is 19.6 Å². The summed E-state index contributed by atoms with van der Waals surface area (Å²) in [4.78, 5) is 28.3. The summed E-state index contributed by atoms with van der Waals surface area (Å²) in [7, 11) is 1.85. The second-order valence-corrected chi connectivity index (χ2v) is 7.39. The lowest BCUT2D eigenvalue weighted by atomic mass is 10.2. The highest BCUT2D eigenvalue weighted by Crippen LogP contribution is 2.22. The van der Waals surface area contributed by atoms with Gasteiger partial charge in [-0.1, -0.05) is 11.8 Å². The van der Waals surface area contributed by atoms with Crippen molar-refractivity contribution in [1.29, 1.82) is 0 Å². The van der Waals surface area contributed by atoms with E-state index in [-0.39, 0.29) is 23.3 Å². The number of hydrogen-bond acceptors (Lipinski definition) is 7. The molecule has 0 saturated carbocycles. The fourth-order valence-electron chi connectivity index (χ4n) is 2.76. The summed E-state index contributed by atoms with van der Waals surface area (Å²) in [6.45, 7) is 0. The predicted octanol–water partition coefficient (Wildman–Crippen LogP) is 3.45. The highest BCUT2D eigenvalue weighted by atomic mass is 32.2. The minimum Gasteiger partial charge on any atom is -0.459 e. The van der Waals surface area contributed by atoms with Crippen molar-refractivity contribution in [2.24, 2.45) is 7.05 Å². The van der Waals surface area contributed by atoms with Gasteiger partial charge in [-0.2, -0.15) is 0 Å².